The average Bonchev–Trinajstić information content (AvgIpc) is 2.46. The van der Waals surface area contributed by atoms with Gasteiger partial charge in [0.15, 0.2) is 6.29 Å². The molecule has 0 aromatic rings. The second kappa shape index (κ2) is 8.90. The zero-order valence-electron chi connectivity index (χ0n) is 11.9. The summed E-state index contributed by atoms with van der Waals surface area (Å²) in [5.74, 6) is 0. The summed E-state index contributed by atoms with van der Waals surface area (Å²) in [6.07, 6.45) is 10.6. The van der Waals surface area contributed by atoms with Crippen molar-refractivity contribution in [3.05, 3.63) is 0 Å². The van der Waals surface area contributed by atoms with Gasteiger partial charge in [-0.25, -0.2) is 0 Å². The third-order valence-corrected chi connectivity index (χ3v) is 4.00. The van der Waals surface area contributed by atoms with Gasteiger partial charge in [0.25, 0.3) is 0 Å². The molecule has 1 N–H and O–H groups in total. The number of hydrogen-bond acceptors (Lipinski definition) is 4. The van der Waals surface area contributed by atoms with Crippen LogP contribution in [-0.2, 0) is 14.2 Å². The maximum absolute atomic E-state index is 8.69. The maximum Gasteiger partial charge on any atom is 0.158 e. The fourth-order valence-corrected chi connectivity index (χ4v) is 2.84. The largest absolute Gasteiger partial charge is 0.396 e. The average molecular weight is 272 g/mol. The van der Waals surface area contributed by atoms with E-state index in [0.29, 0.717) is 13.2 Å². The summed E-state index contributed by atoms with van der Waals surface area (Å²) in [6, 6.07) is 0. The highest BCUT2D eigenvalue weighted by Crippen LogP contribution is 2.26. The van der Waals surface area contributed by atoms with Gasteiger partial charge in [0, 0.05) is 13.2 Å². The molecule has 2 fully saturated rings. The van der Waals surface area contributed by atoms with E-state index in [1.165, 1.54) is 25.7 Å². The second-order valence-electron chi connectivity index (χ2n) is 5.62. The van der Waals surface area contributed by atoms with Crippen molar-refractivity contribution in [1.29, 1.82) is 0 Å². The lowest BCUT2D eigenvalue weighted by molar-refractivity contribution is -0.274. The van der Waals surface area contributed by atoms with Crippen LogP contribution >= 0.6 is 0 Å². The van der Waals surface area contributed by atoms with Gasteiger partial charge in [0.05, 0.1) is 12.7 Å². The van der Waals surface area contributed by atoms with Gasteiger partial charge in [-0.2, -0.15) is 0 Å². The number of hydrogen-bond donors (Lipinski definition) is 1. The molecule has 112 valence electrons. The molecule has 0 saturated carbocycles. The fourth-order valence-electron chi connectivity index (χ4n) is 2.84. The molecule has 2 saturated heterocycles. The summed E-state index contributed by atoms with van der Waals surface area (Å²) in [5, 5.41) is 8.69. The van der Waals surface area contributed by atoms with Crippen molar-refractivity contribution in [3.8, 4) is 0 Å². The van der Waals surface area contributed by atoms with Crippen molar-refractivity contribution in [3.63, 3.8) is 0 Å². The van der Waals surface area contributed by atoms with E-state index in [0.717, 1.165) is 38.7 Å². The lowest BCUT2D eigenvalue weighted by Crippen LogP contribution is -2.47. The first-order valence-corrected chi connectivity index (χ1v) is 7.89. The summed E-state index contributed by atoms with van der Waals surface area (Å²) in [6.45, 7) is 1.88. The summed E-state index contributed by atoms with van der Waals surface area (Å²) in [5.41, 5.74) is 0. The van der Waals surface area contributed by atoms with Crippen LogP contribution in [-0.4, -0.2) is 43.4 Å². The molecular formula is C15H28O4. The van der Waals surface area contributed by atoms with Crippen LogP contribution in [0.5, 0.6) is 0 Å². The number of aliphatic hydroxyl groups is 1. The van der Waals surface area contributed by atoms with Crippen LogP contribution in [0.4, 0.5) is 0 Å². The zero-order chi connectivity index (χ0) is 13.3. The Morgan fingerprint density at radius 2 is 1.68 bits per heavy atom. The highest BCUT2D eigenvalue weighted by molar-refractivity contribution is 4.78. The molecule has 0 aromatic heterocycles. The lowest BCUT2D eigenvalue weighted by Gasteiger charge is -2.39. The van der Waals surface area contributed by atoms with E-state index in [4.69, 9.17) is 19.3 Å². The molecule has 3 atom stereocenters. The second-order valence-corrected chi connectivity index (χ2v) is 5.62. The van der Waals surface area contributed by atoms with Gasteiger partial charge >= 0.3 is 0 Å². The van der Waals surface area contributed by atoms with Crippen molar-refractivity contribution in [2.45, 2.75) is 76.3 Å². The highest BCUT2D eigenvalue weighted by Gasteiger charge is 2.34. The first-order valence-electron chi connectivity index (χ1n) is 7.89. The Balaban J connectivity index is 1.50. The van der Waals surface area contributed by atoms with Gasteiger partial charge < -0.3 is 19.3 Å². The molecule has 2 aliphatic heterocycles. The number of unbranched alkanes of at least 4 members (excludes halogenated alkanes) is 5. The first kappa shape index (κ1) is 15.2. The van der Waals surface area contributed by atoms with Crippen molar-refractivity contribution < 1.29 is 19.3 Å². The molecule has 0 spiro atoms. The van der Waals surface area contributed by atoms with E-state index < -0.39 is 0 Å². The summed E-state index contributed by atoms with van der Waals surface area (Å²) in [4.78, 5) is 0. The SMILES string of the molecule is OCCCCCCCC[C@@H]1OC[C@H]2OCCC[C@@H]2O1. The Morgan fingerprint density at radius 1 is 0.895 bits per heavy atom. The smallest absolute Gasteiger partial charge is 0.158 e. The van der Waals surface area contributed by atoms with Crippen molar-refractivity contribution in [1.82, 2.24) is 0 Å². The van der Waals surface area contributed by atoms with Crippen molar-refractivity contribution in [2.24, 2.45) is 0 Å². The van der Waals surface area contributed by atoms with Crippen LogP contribution in [0.2, 0.25) is 0 Å². The van der Waals surface area contributed by atoms with E-state index in [1.54, 1.807) is 0 Å². The van der Waals surface area contributed by atoms with Gasteiger partial charge in [-0.1, -0.05) is 25.7 Å². The van der Waals surface area contributed by atoms with E-state index in [9.17, 15) is 0 Å². The molecule has 0 bridgehead atoms. The summed E-state index contributed by atoms with van der Waals surface area (Å²) >= 11 is 0. The Bertz CT molecular complexity index is 234. The summed E-state index contributed by atoms with van der Waals surface area (Å²) in [7, 11) is 0. The number of ether oxygens (including phenoxy) is 3. The fraction of sp³-hybridized carbons (Fsp3) is 1.00. The van der Waals surface area contributed by atoms with Gasteiger partial charge in [0.1, 0.15) is 6.10 Å². The Morgan fingerprint density at radius 3 is 2.53 bits per heavy atom. The molecule has 0 aliphatic carbocycles. The van der Waals surface area contributed by atoms with Crippen LogP contribution in [0.15, 0.2) is 0 Å². The molecule has 2 rings (SSSR count). The molecule has 0 aromatic carbocycles. The van der Waals surface area contributed by atoms with Crippen LogP contribution in [0.1, 0.15) is 57.8 Å². The first-order chi connectivity index (χ1) is 9.40. The topological polar surface area (TPSA) is 47.9 Å². The van der Waals surface area contributed by atoms with E-state index in [-0.39, 0.29) is 18.5 Å². The van der Waals surface area contributed by atoms with Crippen molar-refractivity contribution >= 4 is 0 Å². The molecule has 0 unspecified atom stereocenters. The molecule has 2 aliphatic rings. The Kier molecular flexibility index (Phi) is 7.14. The third-order valence-electron chi connectivity index (χ3n) is 4.00. The van der Waals surface area contributed by atoms with E-state index in [2.05, 4.69) is 0 Å². The minimum absolute atomic E-state index is 0.0135. The molecule has 4 heteroatoms. The minimum Gasteiger partial charge on any atom is -0.396 e. The molecule has 4 nitrogen and oxygen atoms in total. The summed E-state index contributed by atoms with van der Waals surface area (Å²) < 4.78 is 17.3. The third kappa shape index (κ3) is 5.38. The maximum atomic E-state index is 8.69. The van der Waals surface area contributed by atoms with Crippen LogP contribution in [0.3, 0.4) is 0 Å². The predicted octanol–water partition coefficient (Wildman–Crippen LogP) is 2.63. The monoisotopic (exact) mass is 272 g/mol. The molecule has 0 amide bonds. The number of aliphatic hydroxyl groups excluding tert-OH is 1. The number of rotatable bonds is 8. The van der Waals surface area contributed by atoms with Crippen molar-refractivity contribution in [2.75, 3.05) is 19.8 Å². The standard InChI is InChI=1S/C15H28O4/c16-10-6-4-2-1-3-5-9-15-18-12-14-13(19-15)8-7-11-17-14/h13-16H,1-12H2/t13-,14+,15+/m0/s1. The van der Waals surface area contributed by atoms with E-state index in [1.807, 2.05) is 0 Å². The predicted molar refractivity (Wildman–Crippen MR) is 73.0 cm³/mol. The number of fused-ring (bicyclic) bond motifs is 1. The Hall–Kier alpha value is -0.160. The quantitative estimate of drug-likeness (QED) is 0.690. The zero-order valence-corrected chi connectivity index (χ0v) is 11.9. The molecule has 2 heterocycles. The molecule has 0 radical (unpaired) electrons. The lowest BCUT2D eigenvalue weighted by atomic mass is 10.0. The van der Waals surface area contributed by atoms with E-state index >= 15 is 0 Å². The Labute approximate surface area is 116 Å². The van der Waals surface area contributed by atoms with Crippen LogP contribution < -0.4 is 0 Å². The molecule has 19 heavy (non-hydrogen) atoms. The highest BCUT2D eigenvalue weighted by atomic mass is 16.7. The van der Waals surface area contributed by atoms with Crippen LogP contribution in [0, 0.1) is 0 Å². The minimum atomic E-state index is -0.0135. The normalized spacial score (nSPS) is 31.1. The van der Waals surface area contributed by atoms with Gasteiger partial charge in [0.2, 0.25) is 0 Å². The van der Waals surface area contributed by atoms with Gasteiger partial charge in [-0.05, 0) is 32.1 Å². The molecular weight excluding hydrogens is 244 g/mol. The van der Waals surface area contributed by atoms with Gasteiger partial charge in [-0.3, -0.25) is 0 Å². The van der Waals surface area contributed by atoms with Crippen LogP contribution in [0.25, 0.3) is 0 Å². The van der Waals surface area contributed by atoms with Gasteiger partial charge in [-0.15, -0.1) is 0 Å².